The largest absolute Gasteiger partial charge is 0.379 e. The van der Waals surface area contributed by atoms with E-state index in [1.165, 1.54) is 11.1 Å². The Kier molecular flexibility index (Phi) is 11.0. The summed E-state index contributed by atoms with van der Waals surface area (Å²) in [5.74, 6) is 0.849. The highest BCUT2D eigenvalue weighted by Crippen LogP contribution is 2.22. The Balaban J connectivity index is 0.00000341. The Morgan fingerprint density at radius 2 is 1.58 bits per heavy atom. The summed E-state index contributed by atoms with van der Waals surface area (Å²) in [6.45, 7) is 15.4. The number of nitrogens with one attached hydrogen (secondary N) is 2. The number of guanidine groups is 1. The molecule has 2 fully saturated rings. The van der Waals surface area contributed by atoms with E-state index in [1.807, 2.05) is 7.05 Å². The summed E-state index contributed by atoms with van der Waals surface area (Å²) in [6.07, 6.45) is 0. The molecule has 3 rings (SSSR count). The zero-order valence-corrected chi connectivity index (χ0v) is 21.9. The Morgan fingerprint density at radius 3 is 2.16 bits per heavy atom. The van der Waals surface area contributed by atoms with E-state index in [2.05, 4.69) is 70.5 Å². The van der Waals surface area contributed by atoms with Gasteiger partial charge < -0.3 is 20.1 Å². The number of aliphatic imine (C=N–C) groups is 1. The number of benzene rings is 1. The molecule has 1 unspecified atom stereocenters. The summed E-state index contributed by atoms with van der Waals surface area (Å²) in [7, 11) is 1.84. The first-order valence-corrected chi connectivity index (χ1v) is 11.2. The predicted octanol–water partition coefficient (Wildman–Crippen LogP) is 2.26. The fourth-order valence-corrected chi connectivity index (χ4v) is 4.13. The van der Waals surface area contributed by atoms with E-state index in [1.54, 1.807) is 0 Å². The van der Waals surface area contributed by atoms with E-state index in [-0.39, 0.29) is 29.5 Å². The molecule has 0 spiro atoms. The van der Waals surface area contributed by atoms with Gasteiger partial charge in [-0.05, 0) is 26.3 Å². The predicted molar refractivity (Wildman–Crippen MR) is 138 cm³/mol. The number of aryl methyl sites for hydroxylation is 1. The zero-order valence-electron chi connectivity index (χ0n) is 19.5. The first kappa shape index (κ1) is 26.3. The number of morpholine rings is 2. The molecule has 2 aliphatic rings. The number of ether oxygens (including phenoxy) is 2. The quantitative estimate of drug-likeness (QED) is 0.312. The van der Waals surface area contributed by atoms with Crippen molar-refractivity contribution in [2.24, 2.45) is 4.99 Å². The van der Waals surface area contributed by atoms with Crippen LogP contribution in [0.15, 0.2) is 29.3 Å². The molecule has 31 heavy (non-hydrogen) atoms. The van der Waals surface area contributed by atoms with E-state index in [9.17, 15) is 0 Å². The van der Waals surface area contributed by atoms with Crippen molar-refractivity contribution in [1.29, 1.82) is 0 Å². The highest BCUT2D eigenvalue weighted by Gasteiger charge is 2.28. The molecule has 0 saturated carbocycles. The maximum absolute atomic E-state index is 5.57. The van der Waals surface area contributed by atoms with Gasteiger partial charge in [-0.25, -0.2) is 0 Å². The summed E-state index contributed by atoms with van der Waals surface area (Å²) in [6, 6.07) is 9.17. The lowest BCUT2D eigenvalue weighted by molar-refractivity contribution is -0.00836. The van der Waals surface area contributed by atoms with E-state index in [0.717, 1.165) is 71.7 Å². The second kappa shape index (κ2) is 12.9. The lowest BCUT2D eigenvalue weighted by atomic mass is 10.0. The van der Waals surface area contributed by atoms with Gasteiger partial charge in [-0.2, -0.15) is 0 Å². The average molecular weight is 546 g/mol. The van der Waals surface area contributed by atoms with Gasteiger partial charge in [0.15, 0.2) is 5.96 Å². The molecule has 2 heterocycles. The summed E-state index contributed by atoms with van der Waals surface area (Å²) in [5.41, 5.74) is 2.66. The lowest BCUT2D eigenvalue weighted by Crippen LogP contribution is -2.57. The number of hydrogen-bond acceptors (Lipinski definition) is 5. The van der Waals surface area contributed by atoms with Gasteiger partial charge in [-0.15, -0.1) is 24.0 Å². The van der Waals surface area contributed by atoms with Crippen LogP contribution in [0.4, 0.5) is 0 Å². The normalized spacial score (nSPS) is 20.1. The van der Waals surface area contributed by atoms with Gasteiger partial charge in [-0.3, -0.25) is 14.8 Å². The van der Waals surface area contributed by atoms with Crippen LogP contribution in [0.5, 0.6) is 0 Å². The SMILES string of the molecule is CN=C(NCC(c1ccc(C)cc1)N1CCOCC1)NCC(C)(C)N1CCOCC1.I. The second-order valence-corrected chi connectivity index (χ2v) is 8.79. The van der Waals surface area contributed by atoms with Gasteiger partial charge >= 0.3 is 0 Å². The molecule has 1 atom stereocenters. The molecule has 176 valence electrons. The smallest absolute Gasteiger partial charge is 0.191 e. The van der Waals surface area contributed by atoms with Gasteiger partial charge in [0.1, 0.15) is 0 Å². The molecule has 0 bridgehead atoms. The molecular weight excluding hydrogens is 505 g/mol. The Labute approximate surface area is 205 Å². The van der Waals surface area contributed by atoms with Crippen LogP contribution in [0.25, 0.3) is 0 Å². The van der Waals surface area contributed by atoms with Crippen molar-refractivity contribution in [3.63, 3.8) is 0 Å². The Bertz CT molecular complexity index is 671. The van der Waals surface area contributed by atoms with Crippen molar-refractivity contribution in [1.82, 2.24) is 20.4 Å². The molecule has 8 heteroatoms. The fraction of sp³-hybridized carbons (Fsp3) is 0.696. The van der Waals surface area contributed by atoms with Gasteiger partial charge in [0, 0.05) is 51.9 Å². The van der Waals surface area contributed by atoms with Crippen molar-refractivity contribution >= 4 is 29.9 Å². The molecule has 2 aliphatic heterocycles. The topological polar surface area (TPSA) is 61.4 Å². The molecule has 0 amide bonds. The lowest BCUT2D eigenvalue weighted by Gasteiger charge is -2.41. The number of rotatable bonds is 7. The van der Waals surface area contributed by atoms with Crippen molar-refractivity contribution in [2.45, 2.75) is 32.4 Å². The van der Waals surface area contributed by atoms with Crippen molar-refractivity contribution in [3.05, 3.63) is 35.4 Å². The third-order valence-corrected chi connectivity index (χ3v) is 6.19. The standard InChI is InChI=1S/C23H39N5O2.HI/c1-19-5-7-20(8-6-19)21(27-9-13-29-14-10-27)17-25-22(24-4)26-18-23(2,3)28-11-15-30-16-12-28;/h5-8,21H,9-18H2,1-4H3,(H2,24,25,26);1H. The Morgan fingerprint density at radius 1 is 1.00 bits per heavy atom. The first-order valence-electron chi connectivity index (χ1n) is 11.2. The second-order valence-electron chi connectivity index (χ2n) is 8.79. The minimum Gasteiger partial charge on any atom is -0.379 e. The molecule has 7 nitrogen and oxygen atoms in total. The fourth-order valence-electron chi connectivity index (χ4n) is 4.13. The monoisotopic (exact) mass is 545 g/mol. The van der Waals surface area contributed by atoms with Crippen LogP contribution in [-0.4, -0.2) is 94.0 Å². The highest BCUT2D eigenvalue weighted by atomic mass is 127. The van der Waals surface area contributed by atoms with Crippen molar-refractivity contribution < 1.29 is 9.47 Å². The van der Waals surface area contributed by atoms with E-state index in [0.29, 0.717) is 6.04 Å². The summed E-state index contributed by atoms with van der Waals surface area (Å²) < 4.78 is 11.1. The highest BCUT2D eigenvalue weighted by molar-refractivity contribution is 14.0. The van der Waals surface area contributed by atoms with E-state index < -0.39 is 0 Å². The summed E-state index contributed by atoms with van der Waals surface area (Å²) >= 11 is 0. The molecule has 1 aromatic carbocycles. The van der Waals surface area contributed by atoms with E-state index in [4.69, 9.17) is 9.47 Å². The molecule has 1 aromatic rings. The van der Waals surface area contributed by atoms with Crippen LogP contribution in [0, 0.1) is 6.92 Å². The zero-order chi connectivity index (χ0) is 21.4. The molecule has 0 aliphatic carbocycles. The molecular formula is C23H40IN5O2. The van der Waals surface area contributed by atoms with E-state index >= 15 is 0 Å². The van der Waals surface area contributed by atoms with Crippen LogP contribution in [-0.2, 0) is 9.47 Å². The van der Waals surface area contributed by atoms with Crippen LogP contribution in [0.1, 0.15) is 31.0 Å². The van der Waals surface area contributed by atoms with Gasteiger partial charge in [-0.1, -0.05) is 29.8 Å². The third-order valence-electron chi connectivity index (χ3n) is 6.19. The number of nitrogens with zero attached hydrogens (tertiary/aromatic N) is 3. The summed E-state index contributed by atoms with van der Waals surface area (Å²) in [5, 5.41) is 7.11. The summed E-state index contributed by atoms with van der Waals surface area (Å²) in [4.78, 5) is 9.46. The minimum absolute atomic E-state index is 0. The Hall–Kier alpha value is -0.940. The van der Waals surface area contributed by atoms with Crippen LogP contribution < -0.4 is 10.6 Å². The average Bonchev–Trinajstić information content (AvgIpc) is 2.78. The molecule has 2 N–H and O–H groups in total. The molecule has 2 saturated heterocycles. The van der Waals surface area contributed by atoms with Gasteiger partial charge in [0.2, 0.25) is 0 Å². The van der Waals surface area contributed by atoms with Gasteiger partial charge in [0.05, 0.1) is 32.5 Å². The number of halogens is 1. The maximum atomic E-state index is 5.57. The van der Waals surface area contributed by atoms with Crippen LogP contribution in [0.2, 0.25) is 0 Å². The molecule has 0 aromatic heterocycles. The van der Waals surface area contributed by atoms with Gasteiger partial charge in [0.25, 0.3) is 0 Å². The van der Waals surface area contributed by atoms with Crippen LogP contribution in [0.3, 0.4) is 0 Å². The van der Waals surface area contributed by atoms with Crippen molar-refractivity contribution in [2.75, 3.05) is 72.7 Å². The van der Waals surface area contributed by atoms with Crippen molar-refractivity contribution in [3.8, 4) is 0 Å². The maximum Gasteiger partial charge on any atom is 0.191 e. The number of hydrogen-bond donors (Lipinski definition) is 2. The first-order chi connectivity index (χ1) is 14.5. The minimum atomic E-state index is 0. The third kappa shape index (κ3) is 7.85. The molecule has 0 radical (unpaired) electrons. The van der Waals surface area contributed by atoms with Crippen LogP contribution >= 0.6 is 24.0 Å².